The SMILES string of the molecule is CC(C)CC(O)(CC(C)C)[C@H](C)O. The van der Waals surface area contributed by atoms with Gasteiger partial charge in [-0.25, -0.2) is 0 Å². The van der Waals surface area contributed by atoms with Crippen molar-refractivity contribution in [1.29, 1.82) is 0 Å². The van der Waals surface area contributed by atoms with Crippen LogP contribution in [-0.2, 0) is 0 Å². The highest BCUT2D eigenvalue weighted by molar-refractivity contribution is 4.85. The lowest BCUT2D eigenvalue weighted by atomic mass is 9.81. The van der Waals surface area contributed by atoms with Gasteiger partial charge in [-0.1, -0.05) is 27.7 Å². The van der Waals surface area contributed by atoms with E-state index in [0.717, 1.165) is 0 Å². The van der Waals surface area contributed by atoms with Crippen LogP contribution in [-0.4, -0.2) is 21.9 Å². The Bertz CT molecular complexity index is 129. The second-order valence-electron chi connectivity index (χ2n) is 4.98. The quantitative estimate of drug-likeness (QED) is 0.694. The van der Waals surface area contributed by atoms with Gasteiger partial charge >= 0.3 is 0 Å². The molecule has 0 aliphatic heterocycles. The third kappa shape index (κ3) is 4.63. The molecule has 2 N–H and O–H groups in total. The van der Waals surface area contributed by atoms with Crippen LogP contribution in [0.5, 0.6) is 0 Å². The van der Waals surface area contributed by atoms with E-state index < -0.39 is 11.7 Å². The highest BCUT2D eigenvalue weighted by Gasteiger charge is 2.33. The lowest BCUT2D eigenvalue weighted by molar-refractivity contribution is -0.0909. The Morgan fingerprint density at radius 1 is 0.923 bits per heavy atom. The molecule has 80 valence electrons. The van der Waals surface area contributed by atoms with Crippen LogP contribution >= 0.6 is 0 Å². The smallest absolute Gasteiger partial charge is 0.0907 e. The monoisotopic (exact) mass is 188 g/mol. The highest BCUT2D eigenvalue weighted by atomic mass is 16.3. The van der Waals surface area contributed by atoms with E-state index in [0.29, 0.717) is 24.7 Å². The second-order valence-corrected chi connectivity index (χ2v) is 4.98. The lowest BCUT2D eigenvalue weighted by Crippen LogP contribution is -2.42. The molecule has 2 heteroatoms. The Morgan fingerprint density at radius 3 is 1.38 bits per heavy atom. The molecule has 0 aromatic heterocycles. The summed E-state index contributed by atoms with van der Waals surface area (Å²) in [6, 6.07) is 0. The Balaban J connectivity index is 4.34. The minimum absolute atomic E-state index is 0.415. The summed E-state index contributed by atoms with van der Waals surface area (Å²) in [6.07, 6.45) is 0.698. The maximum absolute atomic E-state index is 10.2. The molecule has 0 fully saturated rings. The largest absolute Gasteiger partial charge is 0.390 e. The molecule has 0 saturated heterocycles. The van der Waals surface area contributed by atoms with Crippen LogP contribution in [0.1, 0.15) is 47.5 Å². The van der Waals surface area contributed by atoms with Crippen molar-refractivity contribution in [2.24, 2.45) is 11.8 Å². The van der Waals surface area contributed by atoms with Gasteiger partial charge < -0.3 is 10.2 Å². The molecule has 0 amide bonds. The van der Waals surface area contributed by atoms with E-state index in [9.17, 15) is 10.2 Å². The summed E-state index contributed by atoms with van der Waals surface area (Å²) in [5.74, 6) is 0.830. The first kappa shape index (κ1) is 12.9. The molecule has 0 radical (unpaired) electrons. The summed E-state index contributed by atoms with van der Waals surface area (Å²) in [5.41, 5.74) is -0.900. The molecule has 1 atom stereocenters. The van der Waals surface area contributed by atoms with Crippen LogP contribution in [0.25, 0.3) is 0 Å². The van der Waals surface area contributed by atoms with Gasteiger partial charge in [0, 0.05) is 0 Å². The molecule has 0 aliphatic carbocycles. The van der Waals surface area contributed by atoms with Crippen molar-refractivity contribution >= 4 is 0 Å². The lowest BCUT2D eigenvalue weighted by Gasteiger charge is -2.34. The van der Waals surface area contributed by atoms with Crippen LogP contribution in [0.2, 0.25) is 0 Å². The molecular formula is C11H24O2. The van der Waals surface area contributed by atoms with Gasteiger partial charge in [0.15, 0.2) is 0 Å². The molecule has 0 bridgehead atoms. The fraction of sp³-hybridized carbons (Fsp3) is 1.00. The summed E-state index contributed by atoms with van der Waals surface area (Å²) < 4.78 is 0. The molecule has 13 heavy (non-hydrogen) atoms. The van der Waals surface area contributed by atoms with Gasteiger partial charge in [0.1, 0.15) is 0 Å². The summed E-state index contributed by atoms with van der Waals surface area (Å²) in [6.45, 7) is 9.92. The van der Waals surface area contributed by atoms with Gasteiger partial charge in [0.2, 0.25) is 0 Å². The molecule has 0 aromatic rings. The van der Waals surface area contributed by atoms with E-state index in [-0.39, 0.29) is 0 Å². The molecule has 0 heterocycles. The second kappa shape index (κ2) is 4.97. The molecule has 0 aliphatic rings. The fourth-order valence-electron chi connectivity index (χ4n) is 1.84. The Morgan fingerprint density at radius 2 is 1.23 bits per heavy atom. The minimum atomic E-state index is -0.900. The third-order valence-corrected chi connectivity index (χ3v) is 2.30. The van der Waals surface area contributed by atoms with Gasteiger partial charge in [-0.3, -0.25) is 0 Å². The van der Waals surface area contributed by atoms with Crippen molar-refractivity contribution in [1.82, 2.24) is 0 Å². The van der Waals surface area contributed by atoms with Crippen LogP contribution in [0.3, 0.4) is 0 Å². The van der Waals surface area contributed by atoms with Gasteiger partial charge in [-0.15, -0.1) is 0 Å². The van der Waals surface area contributed by atoms with Crippen molar-refractivity contribution in [3.63, 3.8) is 0 Å². The average molecular weight is 188 g/mol. The Hall–Kier alpha value is -0.0800. The van der Waals surface area contributed by atoms with Crippen LogP contribution in [0, 0.1) is 11.8 Å². The van der Waals surface area contributed by atoms with Crippen LogP contribution in [0.15, 0.2) is 0 Å². The zero-order valence-electron chi connectivity index (χ0n) is 9.54. The van der Waals surface area contributed by atoms with E-state index in [2.05, 4.69) is 27.7 Å². The number of rotatable bonds is 5. The summed E-state index contributed by atoms with van der Waals surface area (Å²) >= 11 is 0. The molecule has 0 aromatic carbocycles. The van der Waals surface area contributed by atoms with Crippen molar-refractivity contribution < 1.29 is 10.2 Å². The van der Waals surface area contributed by atoms with Crippen molar-refractivity contribution in [2.45, 2.75) is 59.2 Å². The van der Waals surface area contributed by atoms with E-state index in [1.54, 1.807) is 6.92 Å². The molecule has 2 nitrogen and oxygen atoms in total. The number of aliphatic hydroxyl groups excluding tert-OH is 1. The van der Waals surface area contributed by atoms with Gasteiger partial charge in [-0.2, -0.15) is 0 Å². The molecule has 0 spiro atoms. The molecule has 0 rings (SSSR count). The van der Waals surface area contributed by atoms with Gasteiger partial charge in [0.25, 0.3) is 0 Å². The topological polar surface area (TPSA) is 40.5 Å². The molecular weight excluding hydrogens is 164 g/mol. The average Bonchev–Trinajstić information content (AvgIpc) is 1.82. The predicted octanol–water partition coefficient (Wildman–Crippen LogP) is 2.19. The maximum Gasteiger partial charge on any atom is 0.0907 e. The third-order valence-electron chi connectivity index (χ3n) is 2.30. The van der Waals surface area contributed by atoms with Crippen molar-refractivity contribution in [3.8, 4) is 0 Å². The van der Waals surface area contributed by atoms with Gasteiger partial charge in [0.05, 0.1) is 11.7 Å². The van der Waals surface area contributed by atoms with Crippen LogP contribution < -0.4 is 0 Å². The molecule has 0 saturated carbocycles. The number of aliphatic hydroxyl groups is 2. The minimum Gasteiger partial charge on any atom is -0.390 e. The van der Waals surface area contributed by atoms with E-state index in [1.165, 1.54) is 0 Å². The van der Waals surface area contributed by atoms with E-state index in [1.807, 2.05) is 0 Å². The van der Waals surface area contributed by atoms with Gasteiger partial charge in [-0.05, 0) is 31.6 Å². The zero-order valence-corrected chi connectivity index (χ0v) is 9.54. The standard InChI is InChI=1S/C11H24O2/c1-8(2)6-11(13,10(5)12)7-9(3)4/h8-10,12-13H,6-7H2,1-5H3/t10-/m0/s1. The van der Waals surface area contributed by atoms with Crippen LogP contribution in [0.4, 0.5) is 0 Å². The zero-order chi connectivity index (χ0) is 10.6. The predicted molar refractivity (Wildman–Crippen MR) is 55.5 cm³/mol. The van der Waals surface area contributed by atoms with Crippen molar-refractivity contribution in [2.75, 3.05) is 0 Å². The Labute approximate surface area is 82.0 Å². The highest BCUT2D eigenvalue weighted by Crippen LogP contribution is 2.27. The Kier molecular flexibility index (Phi) is 4.93. The molecule has 0 unspecified atom stereocenters. The first-order valence-electron chi connectivity index (χ1n) is 5.18. The van der Waals surface area contributed by atoms with Crippen molar-refractivity contribution in [3.05, 3.63) is 0 Å². The summed E-state index contributed by atoms with van der Waals surface area (Å²) in [4.78, 5) is 0. The summed E-state index contributed by atoms with van der Waals surface area (Å²) in [7, 11) is 0. The first-order valence-corrected chi connectivity index (χ1v) is 5.18. The van der Waals surface area contributed by atoms with E-state index in [4.69, 9.17) is 0 Å². The maximum atomic E-state index is 10.2. The number of hydrogen-bond donors (Lipinski definition) is 2. The normalized spacial score (nSPS) is 15.5. The first-order chi connectivity index (χ1) is 5.78. The number of hydrogen-bond acceptors (Lipinski definition) is 2. The van der Waals surface area contributed by atoms with E-state index >= 15 is 0 Å². The fourth-order valence-corrected chi connectivity index (χ4v) is 1.84. The summed E-state index contributed by atoms with van der Waals surface area (Å²) in [5, 5.41) is 19.7.